The van der Waals surface area contributed by atoms with Crippen LogP contribution in [0.5, 0.6) is 0 Å². The van der Waals surface area contributed by atoms with Gasteiger partial charge in [0.2, 0.25) is 9.05 Å². The van der Waals surface area contributed by atoms with Gasteiger partial charge in [0.1, 0.15) is 5.60 Å². The molecular formula is C12H22ClNO5S. The van der Waals surface area contributed by atoms with Crippen molar-refractivity contribution in [3.05, 3.63) is 0 Å². The minimum Gasteiger partial charge on any atom is -0.444 e. The van der Waals surface area contributed by atoms with Crippen molar-refractivity contribution in [2.45, 2.75) is 45.3 Å². The summed E-state index contributed by atoms with van der Waals surface area (Å²) in [5, 5.41) is 2.60. The number of hydrogen-bond acceptors (Lipinski definition) is 5. The molecule has 1 saturated heterocycles. The Kier molecular flexibility index (Phi) is 6.09. The molecule has 8 heteroatoms. The zero-order chi connectivity index (χ0) is 15.4. The van der Waals surface area contributed by atoms with E-state index >= 15 is 0 Å². The van der Waals surface area contributed by atoms with Gasteiger partial charge in [-0.1, -0.05) is 0 Å². The average molecular weight is 328 g/mol. The standard InChI is InChI=1S/C12H22ClNO5S/c1-12(2,3)19-11(15)14-10(8-20(13,16)17)9-5-4-6-18-7-9/h9-10H,4-8H2,1-3H3,(H,14,15). The summed E-state index contributed by atoms with van der Waals surface area (Å²) in [7, 11) is 1.59. The number of amides is 1. The molecule has 2 atom stereocenters. The predicted octanol–water partition coefficient (Wildman–Crippen LogP) is 1.87. The first kappa shape index (κ1) is 17.5. The predicted molar refractivity (Wildman–Crippen MR) is 76.3 cm³/mol. The molecule has 6 nitrogen and oxygen atoms in total. The maximum absolute atomic E-state index is 11.8. The molecule has 1 aliphatic rings. The molecule has 2 unspecified atom stereocenters. The number of rotatable bonds is 4. The maximum Gasteiger partial charge on any atom is 0.407 e. The van der Waals surface area contributed by atoms with Crippen LogP contribution in [0.3, 0.4) is 0 Å². The fraction of sp³-hybridized carbons (Fsp3) is 0.917. The number of alkyl carbamates (subject to hydrolysis) is 1. The smallest absolute Gasteiger partial charge is 0.407 e. The third kappa shape index (κ3) is 7.31. The van der Waals surface area contributed by atoms with Gasteiger partial charge in [-0.2, -0.15) is 0 Å². The van der Waals surface area contributed by atoms with Crippen molar-refractivity contribution >= 4 is 25.8 Å². The van der Waals surface area contributed by atoms with Crippen LogP contribution < -0.4 is 5.32 Å². The lowest BCUT2D eigenvalue weighted by Gasteiger charge is -2.31. The van der Waals surface area contributed by atoms with E-state index in [4.69, 9.17) is 20.2 Å². The van der Waals surface area contributed by atoms with E-state index in [-0.39, 0.29) is 11.7 Å². The minimum atomic E-state index is -3.72. The summed E-state index contributed by atoms with van der Waals surface area (Å²) < 4.78 is 33.0. The van der Waals surface area contributed by atoms with Gasteiger partial charge in [-0.3, -0.25) is 0 Å². The highest BCUT2D eigenvalue weighted by molar-refractivity contribution is 8.13. The van der Waals surface area contributed by atoms with Gasteiger partial charge in [0.05, 0.1) is 18.4 Å². The molecule has 0 aromatic heterocycles. The van der Waals surface area contributed by atoms with Gasteiger partial charge < -0.3 is 14.8 Å². The molecule has 0 aliphatic carbocycles. The highest BCUT2D eigenvalue weighted by atomic mass is 35.7. The molecule has 1 fully saturated rings. The molecule has 118 valence electrons. The van der Waals surface area contributed by atoms with Crippen molar-refractivity contribution in [1.82, 2.24) is 5.32 Å². The lowest BCUT2D eigenvalue weighted by molar-refractivity contribution is 0.0297. The summed E-state index contributed by atoms with van der Waals surface area (Å²) >= 11 is 0. The fourth-order valence-corrected chi connectivity index (χ4v) is 3.24. The SMILES string of the molecule is CC(C)(C)OC(=O)NC(CS(=O)(=O)Cl)C1CCCOC1. The Labute approximate surface area is 124 Å². The molecule has 1 aliphatic heterocycles. The molecule has 0 aromatic carbocycles. The van der Waals surface area contributed by atoms with Crippen LogP contribution in [0.2, 0.25) is 0 Å². The van der Waals surface area contributed by atoms with E-state index in [1.54, 1.807) is 20.8 Å². The van der Waals surface area contributed by atoms with Gasteiger partial charge in [-0.15, -0.1) is 0 Å². The summed E-state index contributed by atoms with van der Waals surface area (Å²) in [6, 6.07) is -0.604. The molecule has 1 heterocycles. The summed E-state index contributed by atoms with van der Waals surface area (Å²) in [5.41, 5.74) is -0.641. The van der Waals surface area contributed by atoms with E-state index in [2.05, 4.69) is 5.32 Å². The van der Waals surface area contributed by atoms with Crippen LogP contribution in [-0.2, 0) is 18.5 Å². The van der Waals surface area contributed by atoms with Crippen molar-refractivity contribution in [3.8, 4) is 0 Å². The monoisotopic (exact) mass is 327 g/mol. The Morgan fingerprint density at radius 3 is 2.60 bits per heavy atom. The Hall–Kier alpha value is -0.530. The lowest BCUT2D eigenvalue weighted by Crippen LogP contribution is -2.48. The van der Waals surface area contributed by atoms with Crippen LogP contribution in [0.1, 0.15) is 33.6 Å². The second-order valence-corrected chi connectivity index (χ2v) is 8.76. The van der Waals surface area contributed by atoms with Crippen molar-refractivity contribution in [2.24, 2.45) is 5.92 Å². The normalized spacial score (nSPS) is 22.1. The van der Waals surface area contributed by atoms with Crippen LogP contribution in [0, 0.1) is 5.92 Å². The van der Waals surface area contributed by atoms with Gasteiger partial charge >= 0.3 is 6.09 Å². The van der Waals surface area contributed by atoms with Crippen molar-refractivity contribution in [1.29, 1.82) is 0 Å². The Balaban J connectivity index is 2.69. The highest BCUT2D eigenvalue weighted by Gasteiger charge is 2.30. The molecule has 1 rings (SSSR count). The third-order valence-electron chi connectivity index (χ3n) is 2.85. The van der Waals surface area contributed by atoms with Gasteiger partial charge in [-0.25, -0.2) is 13.2 Å². The summed E-state index contributed by atoms with van der Waals surface area (Å²) in [5.74, 6) is -0.410. The molecule has 0 bridgehead atoms. The molecule has 1 amide bonds. The van der Waals surface area contributed by atoms with Gasteiger partial charge in [0.25, 0.3) is 0 Å². The first-order valence-corrected chi connectivity index (χ1v) is 9.04. The third-order valence-corrected chi connectivity index (χ3v) is 3.98. The second kappa shape index (κ2) is 6.95. The number of ether oxygens (including phenoxy) is 2. The highest BCUT2D eigenvalue weighted by Crippen LogP contribution is 2.20. The number of nitrogens with one attached hydrogen (secondary N) is 1. The molecule has 1 N–H and O–H groups in total. The van der Waals surface area contributed by atoms with E-state index in [9.17, 15) is 13.2 Å². The first-order valence-electron chi connectivity index (χ1n) is 6.56. The van der Waals surface area contributed by atoms with Gasteiger partial charge in [-0.05, 0) is 33.6 Å². The molecule has 20 heavy (non-hydrogen) atoms. The maximum atomic E-state index is 11.8. The molecular weight excluding hydrogens is 306 g/mol. The molecule has 0 spiro atoms. The summed E-state index contributed by atoms with van der Waals surface area (Å²) in [4.78, 5) is 11.8. The van der Waals surface area contributed by atoms with E-state index in [0.717, 1.165) is 12.8 Å². The van der Waals surface area contributed by atoms with Crippen LogP contribution in [0.15, 0.2) is 0 Å². The largest absolute Gasteiger partial charge is 0.444 e. The van der Waals surface area contributed by atoms with Crippen LogP contribution in [0.25, 0.3) is 0 Å². The number of carbonyl (C=O) groups is 1. The summed E-state index contributed by atoms with van der Waals surface area (Å²) in [6.45, 7) is 6.28. The Morgan fingerprint density at radius 1 is 1.50 bits per heavy atom. The molecule has 0 saturated carbocycles. The van der Waals surface area contributed by atoms with Crippen molar-refractivity contribution < 1.29 is 22.7 Å². The zero-order valence-corrected chi connectivity index (χ0v) is 13.6. The van der Waals surface area contributed by atoms with Crippen molar-refractivity contribution in [2.75, 3.05) is 19.0 Å². The first-order chi connectivity index (χ1) is 9.07. The fourth-order valence-electron chi connectivity index (χ4n) is 2.05. The van der Waals surface area contributed by atoms with E-state index in [1.807, 2.05) is 0 Å². The van der Waals surface area contributed by atoms with E-state index < -0.39 is 26.8 Å². The van der Waals surface area contributed by atoms with Crippen LogP contribution in [0.4, 0.5) is 4.79 Å². The second-order valence-electron chi connectivity index (χ2n) is 5.94. The van der Waals surface area contributed by atoms with Gasteiger partial charge in [0, 0.05) is 23.2 Å². The van der Waals surface area contributed by atoms with E-state index in [0.29, 0.717) is 13.2 Å². The summed E-state index contributed by atoms with van der Waals surface area (Å²) in [6.07, 6.45) is 0.972. The number of hydrogen-bond donors (Lipinski definition) is 1. The Bertz CT molecular complexity index is 426. The number of halogens is 1. The zero-order valence-electron chi connectivity index (χ0n) is 12.0. The molecule has 0 aromatic rings. The van der Waals surface area contributed by atoms with Gasteiger partial charge in [0.15, 0.2) is 0 Å². The topological polar surface area (TPSA) is 81.7 Å². The average Bonchev–Trinajstić information content (AvgIpc) is 2.25. The number of carbonyl (C=O) groups excluding carboxylic acids is 1. The van der Waals surface area contributed by atoms with E-state index in [1.165, 1.54) is 0 Å². The minimum absolute atomic E-state index is 0.0789. The quantitative estimate of drug-likeness (QED) is 0.797. The lowest BCUT2D eigenvalue weighted by atomic mass is 9.95. The van der Waals surface area contributed by atoms with Crippen LogP contribution in [-0.4, -0.2) is 45.1 Å². The Morgan fingerprint density at radius 2 is 2.15 bits per heavy atom. The molecule has 0 radical (unpaired) electrons. The van der Waals surface area contributed by atoms with Crippen molar-refractivity contribution in [3.63, 3.8) is 0 Å². The van der Waals surface area contributed by atoms with Crippen LogP contribution >= 0.6 is 10.7 Å².